The van der Waals surface area contributed by atoms with Gasteiger partial charge in [-0.1, -0.05) is 67.0 Å². The predicted octanol–water partition coefficient (Wildman–Crippen LogP) is 7.00. The maximum absolute atomic E-state index is 10.9. The molecule has 4 fully saturated rings. The molecule has 0 unspecified atom stereocenters. The summed E-state index contributed by atoms with van der Waals surface area (Å²) in [5, 5.41) is 21.8. The molecule has 0 bridgehead atoms. The molecule has 0 spiro atoms. The Kier molecular flexibility index (Phi) is 5.02. The summed E-state index contributed by atoms with van der Waals surface area (Å²) in [6.07, 6.45) is 11.4. The zero-order chi connectivity index (χ0) is 23.5. The van der Waals surface area contributed by atoms with E-state index >= 15 is 0 Å². The molecule has 0 amide bonds. The van der Waals surface area contributed by atoms with Gasteiger partial charge in [-0.2, -0.15) is 0 Å². The molecule has 0 aromatic rings. The molecule has 2 heteroatoms. The molecule has 0 aromatic heterocycles. The third kappa shape index (κ3) is 2.61. The summed E-state index contributed by atoms with van der Waals surface area (Å²) in [5.41, 5.74) is 2.77. The highest BCUT2D eigenvalue weighted by Gasteiger charge is 2.68. The van der Waals surface area contributed by atoms with Crippen LogP contribution >= 0.6 is 0 Å². The first-order valence-corrected chi connectivity index (χ1v) is 13.8. The zero-order valence-corrected chi connectivity index (χ0v) is 22.2. The minimum atomic E-state index is -0.609. The van der Waals surface area contributed by atoms with Gasteiger partial charge >= 0.3 is 0 Å². The van der Waals surface area contributed by atoms with Crippen LogP contribution in [-0.4, -0.2) is 22.4 Å². The second-order valence-electron chi connectivity index (χ2n) is 14.8. The van der Waals surface area contributed by atoms with Crippen molar-refractivity contribution in [1.29, 1.82) is 0 Å². The number of allylic oxidation sites excluding steroid dienone is 2. The molecule has 0 radical (unpaired) electrons. The number of hydrogen-bond donors (Lipinski definition) is 2. The first kappa shape index (κ1) is 23.4. The van der Waals surface area contributed by atoms with Crippen LogP contribution in [0.1, 0.15) is 107 Å². The lowest BCUT2D eigenvalue weighted by molar-refractivity contribution is -0.192. The van der Waals surface area contributed by atoms with Gasteiger partial charge in [0.2, 0.25) is 0 Å². The third-order valence-corrected chi connectivity index (χ3v) is 13.2. The molecule has 5 rings (SSSR count). The van der Waals surface area contributed by atoms with Gasteiger partial charge in [-0.3, -0.25) is 0 Å². The number of fused-ring (bicyclic) bond motifs is 7. The molecule has 0 aromatic carbocycles. The molecule has 4 saturated carbocycles. The van der Waals surface area contributed by atoms with E-state index in [0.717, 1.165) is 30.6 Å². The summed E-state index contributed by atoms with van der Waals surface area (Å²) in [4.78, 5) is 0. The van der Waals surface area contributed by atoms with Crippen LogP contribution in [0.15, 0.2) is 11.6 Å². The van der Waals surface area contributed by atoms with Gasteiger partial charge in [-0.05, 0) is 108 Å². The van der Waals surface area contributed by atoms with Crippen LogP contribution in [-0.2, 0) is 0 Å². The molecule has 0 saturated heterocycles. The Morgan fingerprint density at radius 3 is 2.19 bits per heavy atom. The fourth-order valence-electron chi connectivity index (χ4n) is 11.4. The van der Waals surface area contributed by atoms with Gasteiger partial charge < -0.3 is 10.2 Å². The summed E-state index contributed by atoms with van der Waals surface area (Å²) < 4.78 is 0. The molecule has 32 heavy (non-hydrogen) atoms. The van der Waals surface area contributed by atoms with E-state index in [1.54, 1.807) is 5.57 Å². The minimum Gasteiger partial charge on any atom is -0.390 e. The smallest absolute Gasteiger partial charge is 0.0853 e. The van der Waals surface area contributed by atoms with E-state index in [1.807, 2.05) is 0 Å². The van der Waals surface area contributed by atoms with Crippen molar-refractivity contribution in [2.75, 3.05) is 0 Å². The van der Waals surface area contributed by atoms with E-state index in [4.69, 9.17) is 0 Å². The maximum Gasteiger partial charge on any atom is 0.0853 e. The van der Waals surface area contributed by atoms with Crippen molar-refractivity contribution in [2.45, 2.75) is 119 Å². The highest BCUT2D eigenvalue weighted by atomic mass is 16.3. The molecular formula is C30H50O2. The lowest BCUT2D eigenvalue weighted by Crippen LogP contribution is -2.64. The Balaban J connectivity index is 1.56. The summed E-state index contributed by atoms with van der Waals surface area (Å²) in [7, 11) is 0. The Morgan fingerprint density at radius 2 is 1.53 bits per heavy atom. The molecule has 182 valence electrons. The van der Waals surface area contributed by atoms with Crippen molar-refractivity contribution < 1.29 is 10.2 Å². The van der Waals surface area contributed by atoms with Crippen molar-refractivity contribution in [1.82, 2.24) is 0 Å². The average Bonchev–Trinajstić information content (AvgIpc) is 3.06. The quantitative estimate of drug-likeness (QED) is 0.429. The van der Waals surface area contributed by atoms with Gasteiger partial charge in [0, 0.05) is 0 Å². The van der Waals surface area contributed by atoms with Crippen LogP contribution in [0.2, 0.25) is 0 Å². The van der Waals surface area contributed by atoms with Crippen LogP contribution in [0.25, 0.3) is 0 Å². The number of hydrogen-bond acceptors (Lipinski definition) is 2. The molecule has 10 atom stereocenters. The number of aliphatic hydroxyl groups excluding tert-OH is 2. The Bertz CT molecular complexity index is 812. The van der Waals surface area contributed by atoms with E-state index in [0.29, 0.717) is 22.7 Å². The first-order valence-electron chi connectivity index (χ1n) is 13.8. The van der Waals surface area contributed by atoms with Crippen LogP contribution in [0.5, 0.6) is 0 Å². The first-order chi connectivity index (χ1) is 14.7. The van der Waals surface area contributed by atoms with Crippen LogP contribution in [0, 0.1) is 56.7 Å². The van der Waals surface area contributed by atoms with Crippen molar-refractivity contribution in [3.8, 4) is 0 Å². The predicted molar refractivity (Wildman–Crippen MR) is 132 cm³/mol. The van der Waals surface area contributed by atoms with Gasteiger partial charge in [0.1, 0.15) is 0 Å². The van der Waals surface area contributed by atoms with E-state index < -0.39 is 12.2 Å². The average molecular weight is 443 g/mol. The third-order valence-electron chi connectivity index (χ3n) is 13.2. The van der Waals surface area contributed by atoms with Gasteiger partial charge in [-0.25, -0.2) is 0 Å². The van der Waals surface area contributed by atoms with E-state index in [2.05, 4.69) is 61.5 Å². The Morgan fingerprint density at radius 1 is 0.844 bits per heavy atom. The number of rotatable bonds is 1. The lowest BCUT2D eigenvalue weighted by Gasteiger charge is -2.69. The summed E-state index contributed by atoms with van der Waals surface area (Å²) >= 11 is 0. The molecule has 5 aliphatic rings. The van der Waals surface area contributed by atoms with Crippen molar-refractivity contribution in [3.63, 3.8) is 0 Å². The van der Waals surface area contributed by atoms with E-state index in [9.17, 15) is 10.2 Å². The maximum atomic E-state index is 10.9. The second-order valence-corrected chi connectivity index (χ2v) is 14.8. The topological polar surface area (TPSA) is 40.5 Å². The summed E-state index contributed by atoms with van der Waals surface area (Å²) in [6.45, 7) is 19.7. The van der Waals surface area contributed by atoms with E-state index in [-0.39, 0.29) is 16.2 Å². The molecule has 0 aliphatic heterocycles. The molecule has 0 heterocycles. The molecule has 2 nitrogen and oxygen atoms in total. The van der Waals surface area contributed by atoms with Crippen LogP contribution in [0.4, 0.5) is 0 Å². The molecular weight excluding hydrogens is 392 g/mol. The van der Waals surface area contributed by atoms with Gasteiger partial charge in [0.25, 0.3) is 0 Å². The Hall–Kier alpha value is -0.340. The van der Waals surface area contributed by atoms with Crippen molar-refractivity contribution >= 4 is 0 Å². The molecule has 2 N–H and O–H groups in total. The lowest BCUT2D eigenvalue weighted by atomic mass is 9.35. The highest BCUT2D eigenvalue weighted by Crippen LogP contribution is 2.76. The summed E-state index contributed by atoms with van der Waals surface area (Å²) in [6, 6.07) is 0. The molecule has 5 aliphatic carbocycles. The van der Waals surface area contributed by atoms with Crippen molar-refractivity contribution in [3.05, 3.63) is 11.6 Å². The number of aliphatic hydroxyl groups is 2. The van der Waals surface area contributed by atoms with Crippen molar-refractivity contribution in [2.24, 2.45) is 56.7 Å². The van der Waals surface area contributed by atoms with Gasteiger partial charge in [-0.15, -0.1) is 0 Å². The second kappa shape index (κ2) is 6.87. The Labute approximate surface area is 197 Å². The standard InChI is InChI=1S/C30H50O2/c1-18(2)19-9-12-24-27(19,5)15-16-29(7)21-10-11-23-26(3,4)25(32)22(31)17-28(23,6)20(21)13-14-30(24,29)8/h10,18-20,22-25,31-32H,9,11-17H2,1-8H3/t19-,20+,22-,23-,24-,25-,27-,28-,29-,30+/m1/s1. The monoisotopic (exact) mass is 442 g/mol. The fourth-order valence-corrected chi connectivity index (χ4v) is 11.4. The normalized spacial score (nSPS) is 56.7. The largest absolute Gasteiger partial charge is 0.390 e. The minimum absolute atomic E-state index is 0.0907. The van der Waals surface area contributed by atoms with Crippen LogP contribution in [0.3, 0.4) is 0 Å². The van der Waals surface area contributed by atoms with Gasteiger partial charge in [0.05, 0.1) is 12.2 Å². The zero-order valence-electron chi connectivity index (χ0n) is 22.2. The SMILES string of the molecule is CC(C)[C@H]1CC[C@@H]2[C@]1(C)CC[C@]1(C)C3=CC[C@@H]4C(C)(C)[C@H](O)[C@H](O)C[C@]4(C)[C@H]3CC[C@@]21C. The van der Waals surface area contributed by atoms with Crippen LogP contribution < -0.4 is 0 Å². The highest BCUT2D eigenvalue weighted by molar-refractivity contribution is 5.34. The van der Waals surface area contributed by atoms with E-state index in [1.165, 1.54) is 38.5 Å². The summed E-state index contributed by atoms with van der Waals surface area (Å²) in [5.74, 6) is 3.52. The van der Waals surface area contributed by atoms with Gasteiger partial charge in [0.15, 0.2) is 0 Å². The fraction of sp³-hybridized carbons (Fsp3) is 0.933.